The van der Waals surface area contributed by atoms with Crippen LogP contribution >= 0.6 is 0 Å². The van der Waals surface area contributed by atoms with E-state index in [9.17, 15) is 4.79 Å². The molecule has 0 saturated heterocycles. The Kier molecular flexibility index (Phi) is 5.18. The van der Waals surface area contributed by atoms with Crippen LogP contribution in [-0.4, -0.2) is 24.3 Å². The predicted octanol–water partition coefficient (Wildman–Crippen LogP) is 7.29. The van der Waals surface area contributed by atoms with Gasteiger partial charge in [-0.15, -0.1) is 0 Å². The minimum Gasteiger partial charge on any atom is -0.292 e. The van der Waals surface area contributed by atoms with Gasteiger partial charge in [0.2, 0.25) is 0 Å². The van der Waals surface area contributed by atoms with Crippen molar-refractivity contribution in [2.24, 2.45) is 0 Å². The highest BCUT2D eigenvalue weighted by molar-refractivity contribution is 6.15. The van der Waals surface area contributed by atoms with Crippen LogP contribution in [0.4, 0.5) is 0 Å². The Hall–Kier alpha value is -5.75. The van der Waals surface area contributed by atoms with E-state index in [1.807, 2.05) is 109 Å². The maximum atomic E-state index is 13.6. The molecule has 41 heavy (non-hydrogen) atoms. The largest absolute Gasteiger partial charge is 0.292 e. The maximum absolute atomic E-state index is 13.6. The normalized spacial score (nSPS) is 11.5. The van der Waals surface area contributed by atoms with E-state index in [-0.39, 0.29) is 5.56 Å². The van der Waals surface area contributed by atoms with E-state index in [2.05, 4.69) is 27.6 Å². The third-order valence-electron chi connectivity index (χ3n) is 7.41. The average molecular weight is 528 g/mol. The van der Waals surface area contributed by atoms with Crippen molar-refractivity contribution in [3.8, 4) is 45.6 Å². The van der Waals surface area contributed by atoms with Gasteiger partial charge in [-0.3, -0.25) is 9.20 Å². The molecule has 0 saturated carbocycles. The molecule has 0 aliphatic rings. The van der Waals surface area contributed by atoms with Gasteiger partial charge in [-0.2, -0.15) is 4.98 Å². The van der Waals surface area contributed by atoms with Crippen molar-refractivity contribution < 1.29 is 0 Å². The summed E-state index contributed by atoms with van der Waals surface area (Å²) >= 11 is 0. The van der Waals surface area contributed by atoms with Gasteiger partial charge in [-0.25, -0.2) is 15.0 Å². The van der Waals surface area contributed by atoms with Crippen molar-refractivity contribution in [1.82, 2.24) is 24.3 Å². The van der Waals surface area contributed by atoms with Crippen molar-refractivity contribution in [1.29, 1.82) is 0 Å². The Morgan fingerprint density at radius 1 is 0.439 bits per heavy atom. The molecule has 0 N–H and O–H groups in total. The van der Waals surface area contributed by atoms with Gasteiger partial charge < -0.3 is 0 Å². The molecule has 3 aromatic heterocycles. The molecule has 0 bridgehead atoms. The summed E-state index contributed by atoms with van der Waals surface area (Å²) in [5, 5.41) is 2.51. The van der Waals surface area contributed by atoms with E-state index >= 15 is 0 Å². The molecule has 192 valence electrons. The molecule has 0 fully saturated rings. The Labute approximate surface area is 234 Å². The second kappa shape index (κ2) is 9.17. The van der Waals surface area contributed by atoms with Crippen molar-refractivity contribution in [3.05, 3.63) is 138 Å². The van der Waals surface area contributed by atoms with Gasteiger partial charge in [0.05, 0.1) is 16.4 Å². The number of benzene rings is 5. The first-order valence-electron chi connectivity index (χ1n) is 13.4. The Balaban J connectivity index is 1.44. The van der Waals surface area contributed by atoms with Crippen LogP contribution in [0.1, 0.15) is 0 Å². The van der Waals surface area contributed by atoms with Crippen molar-refractivity contribution >= 4 is 27.2 Å². The summed E-state index contributed by atoms with van der Waals surface area (Å²) in [6.45, 7) is 0. The summed E-state index contributed by atoms with van der Waals surface area (Å²) in [6.07, 6.45) is 0. The van der Waals surface area contributed by atoms with Crippen LogP contribution < -0.4 is 5.56 Å². The van der Waals surface area contributed by atoms with Gasteiger partial charge in [0.1, 0.15) is 5.82 Å². The molecule has 0 unspecified atom stereocenters. The molecule has 6 nitrogen and oxygen atoms in total. The first-order valence-corrected chi connectivity index (χ1v) is 13.4. The molecule has 0 aliphatic carbocycles. The number of hydrogen-bond donors (Lipinski definition) is 0. The molecular weight excluding hydrogens is 506 g/mol. The second-order valence-electron chi connectivity index (χ2n) is 9.92. The van der Waals surface area contributed by atoms with E-state index in [1.54, 1.807) is 0 Å². The van der Waals surface area contributed by atoms with Gasteiger partial charge in [0.25, 0.3) is 5.56 Å². The zero-order valence-corrected chi connectivity index (χ0v) is 21.8. The number of nitrogens with zero attached hydrogens (tertiary/aromatic N) is 5. The molecular formula is C35H21N5O. The number of aromatic nitrogens is 5. The molecule has 0 spiro atoms. The lowest BCUT2D eigenvalue weighted by Crippen LogP contribution is -2.12. The van der Waals surface area contributed by atoms with E-state index in [0.717, 1.165) is 44.1 Å². The van der Waals surface area contributed by atoms with E-state index < -0.39 is 0 Å². The number of fused-ring (bicyclic) bond motifs is 3. The molecule has 0 atom stereocenters. The zero-order valence-electron chi connectivity index (χ0n) is 21.8. The lowest BCUT2D eigenvalue weighted by atomic mass is 10.1. The van der Waals surface area contributed by atoms with Crippen LogP contribution in [0.25, 0.3) is 72.7 Å². The Morgan fingerprint density at radius 2 is 0.927 bits per heavy atom. The van der Waals surface area contributed by atoms with Gasteiger partial charge in [-0.1, -0.05) is 109 Å². The highest BCUT2D eigenvalue weighted by Crippen LogP contribution is 2.37. The number of para-hydroxylation sites is 1. The standard InChI is InChI=1S/C35H21N5O/c41-35-28-21-25(33-37-31(22-12-4-1-5-13-22)36-32(38-33)23-14-6-2-7-15-23)20-27-26-18-10-11-19-29(26)40(30(27)28)34(39-35)24-16-8-3-9-17-24/h1-21H. The van der Waals surface area contributed by atoms with Crippen molar-refractivity contribution in [2.75, 3.05) is 0 Å². The summed E-state index contributed by atoms with van der Waals surface area (Å²) in [6, 6.07) is 41.7. The van der Waals surface area contributed by atoms with Crippen LogP contribution in [0.5, 0.6) is 0 Å². The quantitative estimate of drug-likeness (QED) is 0.240. The first-order chi connectivity index (χ1) is 20.2. The fourth-order valence-electron chi connectivity index (χ4n) is 5.53. The van der Waals surface area contributed by atoms with Gasteiger partial charge >= 0.3 is 0 Å². The topological polar surface area (TPSA) is 73.0 Å². The van der Waals surface area contributed by atoms with Crippen molar-refractivity contribution in [3.63, 3.8) is 0 Å². The van der Waals surface area contributed by atoms with Crippen LogP contribution in [0.2, 0.25) is 0 Å². The molecule has 0 aliphatic heterocycles. The third kappa shape index (κ3) is 3.77. The SMILES string of the molecule is O=c1nc(-c2ccccc2)n2c3ccccc3c3cc(-c4nc(-c5ccccc5)nc(-c5ccccc5)n4)cc1c32. The minimum absolute atomic E-state index is 0.286. The fourth-order valence-corrected chi connectivity index (χ4v) is 5.53. The highest BCUT2D eigenvalue weighted by Gasteiger charge is 2.21. The van der Waals surface area contributed by atoms with Gasteiger partial charge in [0.15, 0.2) is 17.5 Å². The molecule has 8 aromatic rings. The van der Waals surface area contributed by atoms with Gasteiger partial charge in [0, 0.05) is 33.0 Å². The summed E-state index contributed by atoms with van der Waals surface area (Å²) < 4.78 is 2.10. The molecule has 0 amide bonds. The average Bonchev–Trinajstić information content (AvgIpc) is 3.38. The summed E-state index contributed by atoms with van der Waals surface area (Å²) in [4.78, 5) is 32.8. The summed E-state index contributed by atoms with van der Waals surface area (Å²) in [5.74, 6) is 2.26. The summed E-state index contributed by atoms with van der Waals surface area (Å²) in [5.41, 5.74) is 4.94. The fraction of sp³-hybridized carbons (Fsp3) is 0. The highest BCUT2D eigenvalue weighted by atomic mass is 16.1. The van der Waals surface area contributed by atoms with Crippen LogP contribution in [0, 0.1) is 0 Å². The number of hydrogen-bond acceptors (Lipinski definition) is 5. The van der Waals surface area contributed by atoms with Gasteiger partial charge in [-0.05, 0) is 18.2 Å². The smallest absolute Gasteiger partial charge is 0.281 e. The number of rotatable bonds is 4. The van der Waals surface area contributed by atoms with Crippen LogP contribution in [0.3, 0.4) is 0 Å². The van der Waals surface area contributed by atoms with E-state index in [1.165, 1.54) is 0 Å². The zero-order chi connectivity index (χ0) is 27.3. The minimum atomic E-state index is -0.286. The monoisotopic (exact) mass is 527 g/mol. The molecule has 8 rings (SSSR count). The summed E-state index contributed by atoms with van der Waals surface area (Å²) in [7, 11) is 0. The van der Waals surface area contributed by atoms with Crippen molar-refractivity contribution in [2.45, 2.75) is 0 Å². The lowest BCUT2D eigenvalue weighted by molar-refractivity contribution is 1.07. The molecule has 5 aromatic carbocycles. The maximum Gasteiger partial charge on any atom is 0.281 e. The molecule has 3 heterocycles. The predicted molar refractivity (Wildman–Crippen MR) is 163 cm³/mol. The first kappa shape index (κ1) is 23.2. The van der Waals surface area contributed by atoms with Crippen LogP contribution in [-0.2, 0) is 0 Å². The second-order valence-corrected chi connectivity index (χ2v) is 9.92. The van der Waals surface area contributed by atoms with Crippen LogP contribution in [0.15, 0.2) is 132 Å². The third-order valence-corrected chi connectivity index (χ3v) is 7.41. The molecule has 6 heteroatoms. The lowest BCUT2D eigenvalue weighted by Gasteiger charge is -2.11. The van der Waals surface area contributed by atoms with E-state index in [4.69, 9.17) is 15.0 Å². The van der Waals surface area contributed by atoms with E-state index in [0.29, 0.717) is 28.7 Å². The Morgan fingerprint density at radius 3 is 1.54 bits per heavy atom. The molecule has 0 radical (unpaired) electrons. The Bertz CT molecular complexity index is 2210.